The Hall–Kier alpha value is -1.79. The van der Waals surface area contributed by atoms with Crippen molar-refractivity contribution in [2.24, 2.45) is 5.92 Å². The van der Waals surface area contributed by atoms with Gasteiger partial charge in [0, 0.05) is 49.3 Å². The fraction of sp³-hybridized carbons (Fsp3) is 0.526. The second-order valence-electron chi connectivity index (χ2n) is 6.79. The standard InChI is InChI=1S/C19H26N4OS/c1-23-12-2-3-15(13-23)4-5-18(24)21-11-8-17-14-25-19(22-17)16-6-9-20-10-7-16/h6-7,9-10,14-15H,2-5,8,11-13H2,1H3,(H,21,24)/t15-/m1/s1. The van der Waals surface area contributed by atoms with Crippen molar-refractivity contribution >= 4 is 17.2 Å². The SMILES string of the molecule is CN1CCC[C@H](CCC(=O)NCCc2csc(-c3ccncc3)n2)C1. The summed E-state index contributed by atoms with van der Waals surface area (Å²) < 4.78 is 0. The van der Waals surface area contributed by atoms with Crippen LogP contribution in [0.15, 0.2) is 29.9 Å². The molecule has 6 heteroatoms. The van der Waals surface area contributed by atoms with E-state index in [0.29, 0.717) is 18.9 Å². The number of carbonyl (C=O) groups excluding carboxylic acids is 1. The van der Waals surface area contributed by atoms with Crippen molar-refractivity contribution in [1.29, 1.82) is 0 Å². The third-order valence-electron chi connectivity index (χ3n) is 4.68. The van der Waals surface area contributed by atoms with Gasteiger partial charge in [0.25, 0.3) is 0 Å². The molecule has 1 aliphatic rings. The van der Waals surface area contributed by atoms with Crippen molar-refractivity contribution in [3.8, 4) is 10.6 Å². The van der Waals surface area contributed by atoms with E-state index in [9.17, 15) is 4.79 Å². The van der Waals surface area contributed by atoms with Gasteiger partial charge in [0.15, 0.2) is 0 Å². The van der Waals surface area contributed by atoms with Gasteiger partial charge in [0.05, 0.1) is 5.69 Å². The number of rotatable bonds is 7. The first-order chi connectivity index (χ1) is 12.2. The van der Waals surface area contributed by atoms with Gasteiger partial charge < -0.3 is 10.2 Å². The second kappa shape index (κ2) is 9.06. The van der Waals surface area contributed by atoms with E-state index in [1.807, 2.05) is 12.1 Å². The lowest BCUT2D eigenvalue weighted by Gasteiger charge is -2.29. The first-order valence-corrected chi connectivity index (χ1v) is 9.88. The van der Waals surface area contributed by atoms with Gasteiger partial charge in [0.1, 0.15) is 5.01 Å². The Morgan fingerprint density at radius 3 is 3.04 bits per heavy atom. The van der Waals surface area contributed by atoms with Crippen LogP contribution in [0.2, 0.25) is 0 Å². The lowest BCUT2D eigenvalue weighted by molar-refractivity contribution is -0.121. The summed E-state index contributed by atoms with van der Waals surface area (Å²) in [5, 5.41) is 6.11. The van der Waals surface area contributed by atoms with Gasteiger partial charge in [-0.25, -0.2) is 4.98 Å². The first kappa shape index (κ1) is 18.0. The molecule has 5 nitrogen and oxygen atoms in total. The van der Waals surface area contributed by atoms with E-state index < -0.39 is 0 Å². The molecule has 2 aromatic heterocycles. The van der Waals surface area contributed by atoms with Crippen LogP contribution in [-0.4, -0.2) is 47.5 Å². The molecular weight excluding hydrogens is 332 g/mol. The molecule has 1 amide bonds. The van der Waals surface area contributed by atoms with Crippen LogP contribution in [0.1, 0.15) is 31.4 Å². The molecule has 1 saturated heterocycles. The highest BCUT2D eigenvalue weighted by atomic mass is 32.1. The van der Waals surface area contributed by atoms with Gasteiger partial charge in [0.2, 0.25) is 5.91 Å². The molecule has 0 aromatic carbocycles. The number of thiazole rings is 1. The highest BCUT2D eigenvalue weighted by Crippen LogP contribution is 2.23. The van der Waals surface area contributed by atoms with Crippen molar-refractivity contribution in [3.05, 3.63) is 35.6 Å². The Bertz CT molecular complexity index is 673. The Balaban J connectivity index is 1.36. The summed E-state index contributed by atoms with van der Waals surface area (Å²) in [4.78, 5) is 23.1. The molecule has 0 radical (unpaired) electrons. The maximum atomic E-state index is 12.0. The van der Waals surface area contributed by atoms with Crippen LogP contribution >= 0.6 is 11.3 Å². The van der Waals surface area contributed by atoms with Crippen LogP contribution in [0, 0.1) is 5.92 Å². The molecule has 134 valence electrons. The Labute approximate surface area is 153 Å². The van der Waals surface area contributed by atoms with E-state index in [4.69, 9.17) is 0 Å². The van der Waals surface area contributed by atoms with Crippen LogP contribution < -0.4 is 5.32 Å². The molecular formula is C19H26N4OS. The largest absolute Gasteiger partial charge is 0.356 e. The monoisotopic (exact) mass is 358 g/mol. The maximum Gasteiger partial charge on any atom is 0.220 e. The summed E-state index contributed by atoms with van der Waals surface area (Å²) in [5.41, 5.74) is 2.12. The number of carbonyl (C=O) groups is 1. The van der Waals surface area contributed by atoms with Crippen LogP contribution in [0.25, 0.3) is 10.6 Å². The predicted octanol–water partition coefficient (Wildman–Crippen LogP) is 2.99. The summed E-state index contributed by atoms with van der Waals surface area (Å²) in [7, 11) is 2.17. The molecule has 1 fully saturated rings. The zero-order valence-corrected chi connectivity index (χ0v) is 15.6. The van der Waals surface area contributed by atoms with Gasteiger partial charge in [-0.2, -0.15) is 0 Å². The fourth-order valence-corrected chi connectivity index (χ4v) is 4.17. The van der Waals surface area contributed by atoms with Crippen LogP contribution in [0.5, 0.6) is 0 Å². The minimum Gasteiger partial charge on any atom is -0.356 e. The van der Waals surface area contributed by atoms with Crippen molar-refractivity contribution in [2.45, 2.75) is 32.1 Å². The molecule has 0 saturated carbocycles. The zero-order valence-electron chi connectivity index (χ0n) is 14.8. The Morgan fingerprint density at radius 1 is 1.40 bits per heavy atom. The minimum absolute atomic E-state index is 0.165. The van der Waals surface area contributed by atoms with E-state index in [-0.39, 0.29) is 5.91 Å². The summed E-state index contributed by atoms with van der Waals surface area (Å²) in [6.07, 6.45) is 8.48. The molecule has 0 spiro atoms. The summed E-state index contributed by atoms with van der Waals surface area (Å²) in [6, 6.07) is 3.93. The van der Waals surface area contributed by atoms with Crippen molar-refractivity contribution in [2.75, 3.05) is 26.7 Å². The Kier molecular flexibility index (Phi) is 6.53. The van der Waals surface area contributed by atoms with Gasteiger partial charge in [-0.15, -0.1) is 11.3 Å². The molecule has 0 aliphatic carbocycles. The first-order valence-electron chi connectivity index (χ1n) is 9.01. The Morgan fingerprint density at radius 2 is 2.24 bits per heavy atom. The number of nitrogens with one attached hydrogen (secondary N) is 1. The van der Waals surface area contributed by atoms with E-state index in [1.165, 1.54) is 19.4 Å². The van der Waals surface area contributed by atoms with Gasteiger partial charge in [-0.3, -0.25) is 9.78 Å². The molecule has 1 aliphatic heterocycles. The summed E-state index contributed by atoms with van der Waals surface area (Å²) in [5.74, 6) is 0.837. The fourth-order valence-electron chi connectivity index (χ4n) is 3.31. The highest BCUT2D eigenvalue weighted by molar-refractivity contribution is 7.13. The molecule has 1 N–H and O–H groups in total. The van der Waals surface area contributed by atoms with Crippen LogP contribution in [0.4, 0.5) is 0 Å². The zero-order chi connectivity index (χ0) is 17.5. The van der Waals surface area contributed by atoms with Gasteiger partial charge in [-0.05, 0) is 50.9 Å². The molecule has 1 atom stereocenters. The number of likely N-dealkylation sites (tertiary alicyclic amines) is 1. The third-order valence-corrected chi connectivity index (χ3v) is 5.62. The van der Waals surface area contributed by atoms with E-state index >= 15 is 0 Å². The van der Waals surface area contributed by atoms with E-state index in [2.05, 4.69) is 32.6 Å². The van der Waals surface area contributed by atoms with E-state index in [0.717, 1.165) is 35.7 Å². The van der Waals surface area contributed by atoms with Crippen LogP contribution in [0.3, 0.4) is 0 Å². The highest BCUT2D eigenvalue weighted by Gasteiger charge is 2.17. The molecule has 0 unspecified atom stereocenters. The normalized spacial score (nSPS) is 18.2. The number of hydrogen-bond donors (Lipinski definition) is 1. The molecule has 3 rings (SSSR count). The quantitative estimate of drug-likeness (QED) is 0.827. The number of aromatic nitrogens is 2. The number of piperidine rings is 1. The molecule has 25 heavy (non-hydrogen) atoms. The van der Waals surface area contributed by atoms with Crippen molar-refractivity contribution in [3.63, 3.8) is 0 Å². The lowest BCUT2D eigenvalue weighted by Crippen LogP contribution is -2.33. The maximum absolute atomic E-state index is 12.0. The second-order valence-corrected chi connectivity index (χ2v) is 7.65. The third kappa shape index (κ3) is 5.61. The lowest BCUT2D eigenvalue weighted by atomic mass is 9.93. The summed E-state index contributed by atoms with van der Waals surface area (Å²) >= 11 is 1.63. The predicted molar refractivity (Wildman–Crippen MR) is 102 cm³/mol. The van der Waals surface area contributed by atoms with Crippen molar-refractivity contribution < 1.29 is 4.79 Å². The number of pyridine rings is 1. The van der Waals surface area contributed by atoms with Crippen molar-refractivity contribution in [1.82, 2.24) is 20.2 Å². The van der Waals surface area contributed by atoms with E-state index in [1.54, 1.807) is 23.7 Å². The molecule has 2 aromatic rings. The average molecular weight is 359 g/mol. The van der Waals surface area contributed by atoms with Gasteiger partial charge in [-0.1, -0.05) is 0 Å². The number of nitrogens with zero attached hydrogens (tertiary/aromatic N) is 3. The number of hydrogen-bond acceptors (Lipinski definition) is 5. The molecule has 0 bridgehead atoms. The minimum atomic E-state index is 0.165. The average Bonchev–Trinajstić information content (AvgIpc) is 3.10. The van der Waals surface area contributed by atoms with Gasteiger partial charge >= 0.3 is 0 Å². The van der Waals surface area contributed by atoms with Crippen LogP contribution in [-0.2, 0) is 11.2 Å². The molecule has 3 heterocycles. The number of amides is 1. The smallest absolute Gasteiger partial charge is 0.220 e. The summed E-state index contributed by atoms with van der Waals surface area (Å²) in [6.45, 7) is 2.98. The topological polar surface area (TPSA) is 58.1 Å².